The molecule has 0 saturated heterocycles. The molecule has 2 N–H and O–H groups in total. The number of nitrogens with zero attached hydrogens (tertiary/aromatic N) is 1. The van der Waals surface area contributed by atoms with Crippen LogP contribution in [-0.2, 0) is 0 Å². The molecule has 2 aromatic carbocycles. The summed E-state index contributed by atoms with van der Waals surface area (Å²) in [5.74, 6) is -2.28. The number of H-pyrrole nitrogens is 1. The minimum atomic E-state index is -0.980. The Bertz CT molecular complexity index is 755. The standard InChI is InChI=1S/C15H10F2N2O/c16-11-7-12(15(20)13(17)8-11)9-2-1-3-10(6-9)14-4-5-18-19-14/h1-8,20H,(H,18,19). The number of phenolic OH excluding ortho intramolecular Hbond substituents is 1. The van der Waals surface area contributed by atoms with E-state index in [0.717, 1.165) is 17.3 Å². The van der Waals surface area contributed by atoms with E-state index in [1.807, 2.05) is 6.07 Å². The molecule has 3 rings (SSSR count). The van der Waals surface area contributed by atoms with Gasteiger partial charge in [0.2, 0.25) is 0 Å². The van der Waals surface area contributed by atoms with Crippen molar-refractivity contribution >= 4 is 0 Å². The van der Waals surface area contributed by atoms with E-state index in [9.17, 15) is 13.9 Å². The van der Waals surface area contributed by atoms with E-state index in [4.69, 9.17) is 0 Å². The van der Waals surface area contributed by atoms with Crippen LogP contribution in [-0.4, -0.2) is 15.3 Å². The van der Waals surface area contributed by atoms with E-state index in [1.165, 1.54) is 0 Å². The summed E-state index contributed by atoms with van der Waals surface area (Å²) in [6.45, 7) is 0. The molecule has 1 heterocycles. The molecule has 3 aromatic rings. The lowest BCUT2D eigenvalue weighted by atomic mass is 10.0. The summed E-state index contributed by atoms with van der Waals surface area (Å²) in [5.41, 5.74) is 2.23. The molecule has 0 atom stereocenters. The summed E-state index contributed by atoms with van der Waals surface area (Å²) in [6.07, 6.45) is 1.61. The van der Waals surface area contributed by atoms with Crippen molar-refractivity contribution in [3.8, 4) is 28.1 Å². The van der Waals surface area contributed by atoms with Crippen LogP contribution in [0.1, 0.15) is 0 Å². The molecule has 100 valence electrons. The molecule has 5 heteroatoms. The van der Waals surface area contributed by atoms with Gasteiger partial charge in [0, 0.05) is 23.4 Å². The number of aromatic amines is 1. The van der Waals surface area contributed by atoms with E-state index in [2.05, 4.69) is 10.2 Å². The molecule has 0 radical (unpaired) electrons. The maximum Gasteiger partial charge on any atom is 0.168 e. The molecule has 3 nitrogen and oxygen atoms in total. The number of hydrogen-bond donors (Lipinski definition) is 2. The van der Waals surface area contributed by atoms with Crippen LogP contribution in [0.25, 0.3) is 22.4 Å². The zero-order valence-electron chi connectivity index (χ0n) is 10.3. The average Bonchev–Trinajstić information content (AvgIpc) is 2.97. The average molecular weight is 272 g/mol. The summed E-state index contributed by atoms with van der Waals surface area (Å²) in [7, 11) is 0. The molecule has 0 amide bonds. The maximum absolute atomic E-state index is 13.4. The Balaban J connectivity index is 2.14. The highest BCUT2D eigenvalue weighted by Gasteiger charge is 2.12. The highest BCUT2D eigenvalue weighted by Crippen LogP contribution is 2.34. The van der Waals surface area contributed by atoms with Crippen LogP contribution in [0.3, 0.4) is 0 Å². The largest absolute Gasteiger partial charge is 0.504 e. The fraction of sp³-hybridized carbons (Fsp3) is 0. The number of rotatable bonds is 2. The number of aromatic hydroxyl groups is 1. The third-order valence-electron chi connectivity index (χ3n) is 3.01. The Morgan fingerprint density at radius 2 is 1.80 bits per heavy atom. The van der Waals surface area contributed by atoms with Crippen molar-refractivity contribution in [1.29, 1.82) is 0 Å². The number of aromatic nitrogens is 2. The fourth-order valence-corrected chi connectivity index (χ4v) is 2.06. The molecule has 20 heavy (non-hydrogen) atoms. The highest BCUT2D eigenvalue weighted by molar-refractivity contribution is 5.75. The molecular weight excluding hydrogens is 262 g/mol. The van der Waals surface area contributed by atoms with Gasteiger partial charge in [-0.25, -0.2) is 8.78 Å². The maximum atomic E-state index is 13.4. The van der Waals surface area contributed by atoms with Gasteiger partial charge < -0.3 is 5.11 Å². The van der Waals surface area contributed by atoms with E-state index < -0.39 is 17.4 Å². The van der Waals surface area contributed by atoms with Crippen molar-refractivity contribution in [2.45, 2.75) is 0 Å². The quantitative estimate of drug-likeness (QED) is 0.746. The van der Waals surface area contributed by atoms with E-state index in [1.54, 1.807) is 30.5 Å². The third-order valence-corrected chi connectivity index (χ3v) is 3.01. The van der Waals surface area contributed by atoms with Crippen molar-refractivity contribution < 1.29 is 13.9 Å². The monoisotopic (exact) mass is 272 g/mol. The van der Waals surface area contributed by atoms with Crippen molar-refractivity contribution in [2.24, 2.45) is 0 Å². The molecule has 0 bridgehead atoms. The Morgan fingerprint density at radius 1 is 1.00 bits per heavy atom. The van der Waals surface area contributed by atoms with Crippen LogP contribution < -0.4 is 0 Å². The molecule has 0 spiro atoms. The van der Waals surface area contributed by atoms with Gasteiger partial charge in [0.1, 0.15) is 5.82 Å². The molecular formula is C15H10F2N2O. The molecule has 0 fully saturated rings. The van der Waals surface area contributed by atoms with Gasteiger partial charge in [0.05, 0.1) is 5.69 Å². The van der Waals surface area contributed by atoms with E-state index in [-0.39, 0.29) is 5.56 Å². The first-order chi connectivity index (χ1) is 9.65. The second-order valence-corrected chi connectivity index (χ2v) is 4.33. The van der Waals surface area contributed by atoms with Crippen LogP contribution in [0, 0.1) is 11.6 Å². The zero-order chi connectivity index (χ0) is 14.1. The zero-order valence-corrected chi connectivity index (χ0v) is 10.3. The molecule has 0 aliphatic heterocycles. The van der Waals surface area contributed by atoms with Crippen LogP contribution in [0.15, 0.2) is 48.7 Å². The summed E-state index contributed by atoms with van der Waals surface area (Å²) < 4.78 is 26.7. The lowest BCUT2D eigenvalue weighted by Gasteiger charge is -2.07. The van der Waals surface area contributed by atoms with Gasteiger partial charge in [-0.2, -0.15) is 5.10 Å². The third kappa shape index (κ3) is 2.14. The van der Waals surface area contributed by atoms with Gasteiger partial charge in [0.25, 0.3) is 0 Å². The second kappa shape index (κ2) is 4.77. The minimum absolute atomic E-state index is 0.115. The van der Waals surface area contributed by atoms with Crippen molar-refractivity contribution in [3.63, 3.8) is 0 Å². The molecule has 0 unspecified atom stereocenters. The van der Waals surface area contributed by atoms with Gasteiger partial charge in [-0.1, -0.05) is 18.2 Å². The SMILES string of the molecule is Oc1c(F)cc(F)cc1-c1cccc(-c2ccn[nH]2)c1. The predicted octanol–water partition coefficient (Wildman–Crippen LogP) is 3.73. The number of benzene rings is 2. The Labute approximate surface area is 113 Å². The van der Waals surface area contributed by atoms with Gasteiger partial charge in [-0.05, 0) is 23.8 Å². The fourth-order valence-electron chi connectivity index (χ4n) is 2.06. The summed E-state index contributed by atoms with van der Waals surface area (Å²) in [5, 5.41) is 16.4. The predicted molar refractivity (Wildman–Crippen MR) is 71.0 cm³/mol. The van der Waals surface area contributed by atoms with Crippen molar-refractivity contribution in [1.82, 2.24) is 10.2 Å². The van der Waals surface area contributed by atoms with E-state index in [0.29, 0.717) is 11.6 Å². The van der Waals surface area contributed by atoms with Crippen LogP contribution >= 0.6 is 0 Å². The highest BCUT2D eigenvalue weighted by atomic mass is 19.1. The van der Waals surface area contributed by atoms with Gasteiger partial charge in [0.15, 0.2) is 11.6 Å². The van der Waals surface area contributed by atoms with Gasteiger partial charge in [-0.15, -0.1) is 0 Å². The lowest BCUT2D eigenvalue weighted by molar-refractivity contribution is 0.430. The number of halogens is 2. The molecule has 1 aromatic heterocycles. The van der Waals surface area contributed by atoms with Crippen LogP contribution in [0.4, 0.5) is 8.78 Å². The van der Waals surface area contributed by atoms with E-state index >= 15 is 0 Å². The summed E-state index contributed by atoms with van der Waals surface area (Å²) in [4.78, 5) is 0. The van der Waals surface area contributed by atoms with Gasteiger partial charge >= 0.3 is 0 Å². The number of phenols is 1. The van der Waals surface area contributed by atoms with Crippen molar-refractivity contribution in [3.05, 3.63) is 60.3 Å². The molecule has 0 saturated carbocycles. The first kappa shape index (κ1) is 12.3. The topological polar surface area (TPSA) is 48.9 Å². The number of hydrogen-bond acceptors (Lipinski definition) is 2. The number of nitrogens with one attached hydrogen (secondary N) is 1. The summed E-state index contributed by atoms with van der Waals surface area (Å²) >= 11 is 0. The first-order valence-corrected chi connectivity index (χ1v) is 5.93. The first-order valence-electron chi connectivity index (χ1n) is 5.93. The Kier molecular flexibility index (Phi) is 2.95. The van der Waals surface area contributed by atoms with Crippen LogP contribution in [0.5, 0.6) is 5.75 Å². The van der Waals surface area contributed by atoms with Crippen molar-refractivity contribution in [2.75, 3.05) is 0 Å². The second-order valence-electron chi connectivity index (χ2n) is 4.33. The minimum Gasteiger partial charge on any atom is -0.504 e. The van der Waals surface area contributed by atoms with Gasteiger partial charge in [-0.3, -0.25) is 5.10 Å². The molecule has 0 aliphatic carbocycles. The normalized spacial score (nSPS) is 10.7. The Hall–Kier alpha value is -2.69. The smallest absolute Gasteiger partial charge is 0.168 e. The lowest BCUT2D eigenvalue weighted by Crippen LogP contribution is -1.87. The molecule has 0 aliphatic rings. The van der Waals surface area contributed by atoms with Crippen LogP contribution in [0.2, 0.25) is 0 Å². The summed E-state index contributed by atoms with van der Waals surface area (Å²) in [6, 6.07) is 10.5. The Morgan fingerprint density at radius 3 is 2.55 bits per heavy atom.